The Morgan fingerprint density at radius 3 is 2.73 bits per heavy atom. The molecule has 0 saturated heterocycles. The minimum absolute atomic E-state index is 0.280. The normalized spacial score (nSPS) is 10.8. The lowest BCUT2D eigenvalue weighted by Crippen LogP contribution is -2.34. The fraction of sp³-hybridized carbons (Fsp3) is 0.143. The summed E-state index contributed by atoms with van der Waals surface area (Å²) in [5.74, 6) is -0.428. The second-order valence-corrected chi connectivity index (χ2v) is 5.94. The largest absolute Gasteiger partial charge is 0.300 e. The van der Waals surface area contributed by atoms with Crippen molar-refractivity contribution in [1.29, 1.82) is 0 Å². The van der Waals surface area contributed by atoms with Crippen molar-refractivity contribution in [3.63, 3.8) is 0 Å². The molecule has 1 aromatic carbocycles. The summed E-state index contributed by atoms with van der Waals surface area (Å²) in [6.45, 7) is 1.59. The number of aromatic amines is 1. The summed E-state index contributed by atoms with van der Waals surface area (Å²) < 4.78 is 1.00. The number of aromatic nitrogens is 3. The van der Waals surface area contributed by atoms with Gasteiger partial charge < -0.3 is 5.32 Å². The average Bonchev–Trinajstić information content (AvgIpc) is 2.89. The zero-order valence-electron chi connectivity index (χ0n) is 11.6. The van der Waals surface area contributed by atoms with Gasteiger partial charge in [-0.05, 0) is 19.1 Å². The third-order valence-corrected chi connectivity index (χ3v) is 3.88. The van der Waals surface area contributed by atoms with E-state index in [1.165, 1.54) is 11.3 Å². The molecule has 0 aliphatic heterocycles. The molecule has 112 valence electrons. The first-order valence-corrected chi connectivity index (χ1v) is 7.30. The number of rotatable bonds is 3. The summed E-state index contributed by atoms with van der Waals surface area (Å²) in [4.78, 5) is 41.2. The van der Waals surface area contributed by atoms with Crippen molar-refractivity contribution in [1.82, 2.24) is 14.8 Å². The van der Waals surface area contributed by atoms with Gasteiger partial charge in [0.1, 0.15) is 6.54 Å². The molecular weight excluding hydrogens is 304 g/mol. The number of aryl methyl sites for hydroxylation is 1. The number of H-pyrrole nitrogens is 1. The first-order valence-electron chi connectivity index (χ1n) is 6.49. The molecule has 7 nitrogen and oxygen atoms in total. The average molecular weight is 316 g/mol. The summed E-state index contributed by atoms with van der Waals surface area (Å²) in [5.41, 5.74) is -0.825. The number of fused-ring (bicyclic) bond motifs is 1. The lowest BCUT2D eigenvalue weighted by Gasteiger charge is -2.06. The first kappa shape index (κ1) is 14.2. The van der Waals surface area contributed by atoms with Gasteiger partial charge in [0, 0.05) is 11.1 Å². The van der Waals surface area contributed by atoms with Crippen LogP contribution < -0.4 is 16.4 Å². The van der Waals surface area contributed by atoms with E-state index in [2.05, 4.69) is 15.4 Å². The topological polar surface area (TPSA) is 96.8 Å². The van der Waals surface area contributed by atoms with Gasteiger partial charge in [-0.15, -0.1) is 11.3 Å². The van der Waals surface area contributed by atoms with E-state index in [4.69, 9.17) is 0 Å². The van der Waals surface area contributed by atoms with Crippen LogP contribution in [0.4, 0.5) is 5.13 Å². The summed E-state index contributed by atoms with van der Waals surface area (Å²) >= 11 is 1.33. The molecule has 0 spiro atoms. The molecule has 0 aliphatic carbocycles. The quantitative estimate of drug-likeness (QED) is 0.756. The summed E-state index contributed by atoms with van der Waals surface area (Å²) in [7, 11) is 0. The molecule has 0 atom stereocenters. The van der Waals surface area contributed by atoms with Gasteiger partial charge in [0.15, 0.2) is 5.13 Å². The van der Waals surface area contributed by atoms with Crippen LogP contribution in [0.3, 0.4) is 0 Å². The Labute approximate surface area is 128 Å². The van der Waals surface area contributed by atoms with Gasteiger partial charge in [0.25, 0.3) is 11.1 Å². The number of hydrogen-bond donors (Lipinski definition) is 2. The molecule has 0 bridgehead atoms. The molecular formula is C14H12N4O3S. The SMILES string of the molecule is Cc1cnc(NC(=O)Cn2[nH]c(=O)c3ccccc3c2=O)s1. The highest BCUT2D eigenvalue weighted by Gasteiger charge is 2.11. The van der Waals surface area contributed by atoms with Crippen LogP contribution in [0.1, 0.15) is 4.88 Å². The van der Waals surface area contributed by atoms with Gasteiger partial charge in [-0.1, -0.05) is 12.1 Å². The van der Waals surface area contributed by atoms with E-state index >= 15 is 0 Å². The van der Waals surface area contributed by atoms with E-state index in [1.807, 2.05) is 6.92 Å². The van der Waals surface area contributed by atoms with Crippen molar-refractivity contribution in [3.8, 4) is 0 Å². The van der Waals surface area contributed by atoms with Gasteiger partial charge in [-0.2, -0.15) is 0 Å². The molecule has 22 heavy (non-hydrogen) atoms. The highest BCUT2D eigenvalue weighted by Crippen LogP contribution is 2.16. The van der Waals surface area contributed by atoms with Crippen LogP contribution in [0.15, 0.2) is 40.1 Å². The highest BCUT2D eigenvalue weighted by molar-refractivity contribution is 7.15. The van der Waals surface area contributed by atoms with E-state index in [0.29, 0.717) is 10.5 Å². The number of benzene rings is 1. The number of hydrogen-bond acceptors (Lipinski definition) is 5. The van der Waals surface area contributed by atoms with Crippen LogP contribution in [0.25, 0.3) is 10.8 Å². The third kappa shape index (κ3) is 2.68. The van der Waals surface area contributed by atoms with Crippen LogP contribution in [0, 0.1) is 6.92 Å². The molecule has 0 unspecified atom stereocenters. The van der Waals surface area contributed by atoms with E-state index in [9.17, 15) is 14.4 Å². The predicted octanol–water partition coefficient (Wildman–Crippen LogP) is 1.09. The van der Waals surface area contributed by atoms with Gasteiger partial charge in [-0.25, -0.2) is 9.67 Å². The molecule has 3 rings (SSSR count). The Balaban J connectivity index is 1.91. The number of amides is 1. The fourth-order valence-electron chi connectivity index (χ4n) is 2.07. The number of thiazole rings is 1. The summed E-state index contributed by atoms with van der Waals surface area (Å²) in [6, 6.07) is 6.48. The molecule has 2 N–H and O–H groups in total. The van der Waals surface area contributed by atoms with Gasteiger partial charge in [-0.3, -0.25) is 19.5 Å². The zero-order valence-corrected chi connectivity index (χ0v) is 12.4. The standard InChI is InChI=1S/C14H12N4O3S/c1-8-6-15-14(22-8)16-11(19)7-18-13(21)10-5-3-2-4-9(10)12(20)17-18/h2-6H,7H2,1H3,(H,17,20)(H,15,16,19). The third-order valence-electron chi connectivity index (χ3n) is 3.05. The maximum Gasteiger partial charge on any atom is 0.273 e. The molecule has 0 saturated carbocycles. The van der Waals surface area contributed by atoms with E-state index in [0.717, 1.165) is 9.56 Å². The molecule has 2 aromatic heterocycles. The van der Waals surface area contributed by atoms with Gasteiger partial charge >= 0.3 is 0 Å². The molecule has 2 heterocycles. The Morgan fingerprint density at radius 2 is 2.05 bits per heavy atom. The molecule has 3 aromatic rings. The van der Waals surface area contributed by atoms with Crippen LogP contribution in [0.5, 0.6) is 0 Å². The van der Waals surface area contributed by atoms with Crippen LogP contribution in [-0.4, -0.2) is 20.7 Å². The molecule has 0 aliphatic rings. The summed E-state index contributed by atoms with van der Waals surface area (Å²) in [6.07, 6.45) is 1.64. The van der Waals surface area contributed by atoms with Crippen LogP contribution >= 0.6 is 11.3 Å². The van der Waals surface area contributed by atoms with Crippen molar-refractivity contribution in [2.75, 3.05) is 5.32 Å². The lowest BCUT2D eigenvalue weighted by atomic mass is 10.2. The number of carbonyl (C=O) groups is 1. The molecule has 1 amide bonds. The number of carbonyl (C=O) groups excluding carboxylic acids is 1. The van der Waals surface area contributed by atoms with Crippen molar-refractivity contribution in [2.45, 2.75) is 13.5 Å². The molecule has 0 fully saturated rings. The Bertz CT molecular complexity index is 970. The fourth-order valence-corrected chi connectivity index (χ4v) is 2.75. The second-order valence-electron chi connectivity index (χ2n) is 4.70. The minimum Gasteiger partial charge on any atom is -0.300 e. The highest BCUT2D eigenvalue weighted by atomic mass is 32.1. The van der Waals surface area contributed by atoms with Crippen LogP contribution in [-0.2, 0) is 11.3 Å². The zero-order chi connectivity index (χ0) is 15.7. The van der Waals surface area contributed by atoms with Gasteiger partial charge in [0.05, 0.1) is 10.8 Å². The van der Waals surface area contributed by atoms with E-state index < -0.39 is 17.0 Å². The Kier molecular flexibility index (Phi) is 3.60. The molecule has 8 heteroatoms. The Morgan fingerprint density at radius 1 is 1.32 bits per heavy atom. The first-order chi connectivity index (χ1) is 10.5. The number of nitrogens with zero attached hydrogens (tertiary/aromatic N) is 2. The van der Waals surface area contributed by atoms with E-state index in [-0.39, 0.29) is 11.9 Å². The smallest absolute Gasteiger partial charge is 0.273 e. The van der Waals surface area contributed by atoms with Crippen molar-refractivity contribution >= 4 is 33.1 Å². The van der Waals surface area contributed by atoms with E-state index in [1.54, 1.807) is 30.5 Å². The van der Waals surface area contributed by atoms with Crippen molar-refractivity contribution < 1.29 is 4.79 Å². The number of anilines is 1. The van der Waals surface area contributed by atoms with Crippen molar-refractivity contribution in [3.05, 3.63) is 56.0 Å². The Hall–Kier alpha value is -2.74. The maximum absolute atomic E-state index is 12.3. The number of nitrogens with one attached hydrogen (secondary N) is 2. The monoisotopic (exact) mass is 316 g/mol. The molecule has 0 radical (unpaired) electrons. The predicted molar refractivity (Wildman–Crippen MR) is 84.3 cm³/mol. The maximum atomic E-state index is 12.3. The summed E-state index contributed by atoms with van der Waals surface area (Å²) in [5, 5.41) is 6.05. The van der Waals surface area contributed by atoms with Gasteiger partial charge in [0.2, 0.25) is 5.91 Å². The lowest BCUT2D eigenvalue weighted by molar-refractivity contribution is -0.117. The van der Waals surface area contributed by atoms with Crippen molar-refractivity contribution in [2.24, 2.45) is 0 Å². The minimum atomic E-state index is -0.428. The second kappa shape index (κ2) is 5.57. The van der Waals surface area contributed by atoms with Crippen LogP contribution in [0.2, 0.25) is 0 Å².